The predicted molar refractivity (Wildman–Crippen MR) is 136 cm³/mol. The molecule has 1 aromatic heterocycles. The van der Waals surface area contributed by atoms with Crippen LogP contribution in [0.5, 0.6) is 5.75 Å². The number of furan rings is 1. The van der Waals surface area contributed by atoms with Crippen LogP contribution in [0.15, 0.2) is 80.2 Å². The van der Waals surface area contributed by atoms with Gasteiger partial charge in [0, 0.05) is 30.0 Å². The summed E-state index contributed by atoms with van der Waals surface area (Å²) in [7, 11) is -7.25. The van der Waals surface area contributed by atoms with Gasteiger partial charge in [-0.2, -0.15) is 8.42 Å². The molecule has 1 heterocycles. The van der Waals surface area contributed by atoms with E-state index >= 15 is 0 Å². The molecule has 0 spiro atoms. The number of rotatable bonds is 8. The topological polar surface area (TPSA) is 72.1 Å². The first-order chi connectivity index (χ1) is 15.5. The Morgan fingerprint density at radius 2 is 1.64 bits per heavy atom. The summed E-state index contributed by atoms with van der Waals surface area (Å²) >= 11 is 0. The standard InChI is InChI=1S/C25H33N2O4PS/c1-7-27(8-2)21-13-12-14-22(19-21)31-32(25(4,5)6,24-18-17-20(3)30-24)26-33(28,29)23-15-10-9-11-16-23/h9-19H,7-8H2,1-6H3. The average molecular weight is 489 g/mol. The van der Waals surface area contributed by atoms with Crippen LogP contribution in [0.2, 0.25) is 0 Å². The van der Waals surface area contributed by atoms with E-state index in [1.807, 2.05) is 58.0 Å². The van der Waals surface area contributed by atoms with Crippen LogP contribution in [0.3, 0.4) is 0 Å². The van der Waals surface area contributed by atoms with Crippen molar-refractivity contribution in [2.45, 2.75) is 51.6 Å². The number of aryl methyl sites for hydroxylation is 1. The van der Waals surface area contributed by atoms with Crippen molar-refractivity contribution in [3.8, 4) is 5.75 Å². The molecule has 33 heavy (non-hydrogen) atoms. The summed E-state index contributed by atoms with van der Waals surface area (Å²) in [4.78, 5) is 2.33. The zero-order valence-electron chi connectivity index (χ0n) is 20.1. The van der Waals surface area contributed by atoms with E-state index in [9.17, 15) is 8.42 Å². The maximum Gasteiger partial charge on any atom is 0.284 e. The Balaban J connectivity index is 2.28. The summed E-state index contributed by atoms with van der Waals surface area (Å²) in [5.41, 5.74) is 1.45. The molecule has 0 amide bonds. The maximum absolute atomic E-state index is 13.5. The van der Waals surface area contributed by atoms with Gasteiger partial charge in [-0.05, 0) is 57.2 Å². The fraction of sp³-hybridized carbons (Fsp3) is 0.360. The molecular formula is C25H33N2O4PS. The Kier molecular flexibility index (Phi) is 7.45. The first-order valence-electron chi connectivity index (χ1n) is 11.1. The molecule has 8 heteroatoms. The van der Waals surface area contributed by atoms with Gasteiger partial charge in [0.2, 0.25) is 7.28 Å². The molecule has 0 saturated heterocycles. The first-order valence-corrected chi connectivity index (χ1v) is 14.2. The van der Waals surface area contributed by atoms with Crippen molar-refractivity contribution < 1.29 is 17.4 Å². The third kappa shape index (κ3) is 5.36. The van der Waals surface area contributed by atoms with Gasteiger partial charge in [0.05, 0.1) is 4.90 Å². The first kappa shape index (κ1) is 25.1. The molecule has 0 radical (unpaired) electrons. The highest BCUT2D eigenvalue weighted by Crippen LogP contribution is 2.61. The van der Waals surface area contributed by atoms with E-state index in [1.54, 1.807) is 36.4 Å². The predicted octanol–water partition coefficient (Wildman–Crippen LogP) is 6.44. The maximum atomic E-state index is 13.5. The highest BCUT2D eigenvalue weighted by molar-refractivity contribution is 7.95. The summed E-state index contributed by atoms with van der Waals surface area (Å²) in [5.74, 6) is 1.23. The molecule has 0 aliphatic heterocycles. The number of sulfonamides is 1. The molecule has 3 aromatic rings. The van der Waals surface area contributed by atoms with E-state index in [-0.39, 0.29) is 4.90 Å². The highest BCUT2D eigenvalue weighted by atomic mass is 32.2. The Hall–Kier alpha value is -2.50. The van der Waals surface area contributed by atoms with Crippen LogP contribution in [0.25, 0.3) is 0 Å². The van der Waals surface area contributed by atoms with Crippen molar-refractivity contribution in [1.29, 1.82) is 0 Å². The lowest BCUT2D eigenvalue weighted by Crippen LogP contribution is -2.27. The monoisotopic (exact) mass is 488 g/mol. The van der Waals surface area contributed by atoms with Crippen LogP contribution in [0.4, 0.5) is 5.69 Å². The summed E-state index contributed by atoms with van der Waals surface area (Å²) in [5, 5.41) is -0.662. The lowest BCUT2D eigenvalue weighted by Gasteiger charge is -2.34. The van der Waals surface area contributed by atoms with Gasteiger partial charge in [-0.15, -0.1) is 4.15 Å². The molecule has 1 atom stereocenters. The molecule has 0 aliphatic rings. The summed E-state index contributed by atoms with van der Waals surface area (Å²) in [6.07, 6.45) is 0. The second-order valence-corrected chi connectivity index (χ2v) is 14.0. The zero-order chi connectivity index (χ0) is 24.3. The third-order valence-corrected chi connectivity index (χ3v) is 11.2. The number of anilines is 1. The molecule has 3 rings (SSSR count). The quantitative estimate of drug-likeness (QED) is 0.341. The second kappa shape index (κ2) is 9.78. The van der Waals surface area contributed by atoms with Gasteiger partial charge in [0.15, 0.2) is 5.50 Å². The fourth-order valence-corrected chi connectivity index (χ4v) is 9.06. The fourth-order valence-electron chi connectivity index (χ4n) is 3.55. The van der Waals surface area contributed by atoms with Crippen molar-refractivity contribution in [2.75, 3.05) is 18.0 Å². The molecule has 0 aliphatic carbocycles. The third-order valence-electron chi connectivity index (χ3n) is 5.38. The van der Waals surface area contributed by atoms with Crippen molar-refractivity contribution in [3.63, 3.8) is 0 Å². The van der Waals surface area contributed by atoms with Gasteiger partial charge >= 0.3 is 0 Å². The van der Waals surface area contributed by atoms with Crippen LogP contribution in [-0.2, 0) is 10.0 Å². The molecule has 0 N–H and O–H groups in total. The van der Waals surface area contributed by atoms with E-state index < -0.39 is 22.5 Å². The van der Waals surface area contributed by atoms with Crippen molar-refractivity contribution in [2.24, 2.45) is 4.15 Å². The Bertz CT molecular complexity index is 1240. The van der Waals surface area contributed by atoms with E-state index in [4.69, 9.17) is 8.94 Å². The van der Waals surface area contributed by atoms with Gasteiger partial charge in [-0.3, -0.25) is 0 Å². The van der Waals surface area contributed by atoms with Crippen LogP contribution in [-0.4, -0.2) is 26.7 Å². The molecule has 178 valence electrons. The largest absolute Gasteiger partial charge is 0.457 e. The van der Waals surface area contributed by atoms with Gasteiger partial charge in [0.1, 0.15) is 11.5 Å². The number of nitrogens with zero attached hydrogens (tertiary/aromatic N) is 2. The summed E-state index contributed by atoms with van der Waals surface area (Å²) < 4.78 is 44.1. The molecule has 1 unspecified atom stereocenters. The van der Waals surface area contributed by atoms with E-state index in [1.165, 1.54) is 0 Å². The van der Waals surface area contributed by atoms with Crippen molar-refractivity contribution in [3.05, 3.63) is 72.5 Å². The second-order valence-electron chi connectivity index (χ2n) is 8.76. The SMILES string of the molecule is CCN(CC)c1cccc(OP(=NS(=O)(=O)c2ccccc2)(c2ccc(C)o2)C(C)(C)C)c1. The highest BCUT2D eigenvalue weighted by Gasteiger charge is 2.43. The van der Waals surface area contributed by atoms with E-state index in [2.05, 4.69) is 22.9 Å². The molecule has 6 nitrogen and oxygen atoms in total. The Morgan fingerprint density at radius 3 is 2.18 bits per heavy atom. The normalized spacial score (nSPS) is 13.9. The number of hydrogen-bond donors (Lipinski definition) is 0. The lowest BCUT2D eigenvalue weighted by molar-refractivity contribution is 0.526. The summed E-state index contributed by atoms with van der Waals surface area (Å²) in [6, 6.07) is 19.6. The number of benzene rings is 2. The molecule has 0 bridgehead atoms. The average Bonchev–Trinajstić information content (AvgIpc) is 3.21. The molecule has 0 saturated carbocycles. The van der Waals surface area contributed by atoms with Crippen LogP contribution >= 0.6 is 7.28 Å². The molecule has 2 aromatic carbocycles. The van der Waals surface area contributed by atoms with E-state index in [0.717, 1.165) is 18.8 Å². The Morgan fingerprint density at radius 1 is 0.970 bits per heavy atom. The van der Waals surface area contributed by atoms with Crippen molar-refractivity contribution >= 4 is 28.5 Å². The molecular weight excluding hydrogens is 455 g/mol. The van der Waals surface area contributed by atoms with Crippen LogP contribution < -0.4 is 14.9 Å². The minimum atomic E-state index is -4.02. The smallest absolute Gasteiger partial charge is 0.284 e. The van der Waals surface area contributed by atoms with Gasteiger partial charge in [-0.1, -0.05) is 45.0 Å². The minimum Gasteiger partial charge on any atom is -0.457 e. The van der Waals surface area contributed by atoms with Gasteiger partial charge in [-0.25, -0.2) is 0 Å². The zero-order valence-corrected chi connectivity index (χ0v) is 21.9. The van der Waals surface area contributed by atoms with Gasteiger partial charge in [0.25, 0.3) is 10.0 Å². The van der Waals surface area contributed by atoms with E-state index in [0.29, 0.717) is 17.0 Å². The number of hydrogen-bond acceptors (Lipinski definition) is 5. The lowest BCUT2D eigenvalue weighted by atomic mass is 10.2. The van der Waals surface area contributed by atoms with Crippen molar-refractivity contribution in [1.82, 2.24) is 0 Å². The molecule has 0 fully saturated rings. The van der Waals surface area contributed by atoms with Crippen LogP contribution in [0, 0.1) is 6.92 Å². The van der Waals surface area contributed by atoms with Crippen LogP contribution in [0.1, 0.15) is 40.4 Å². The Labute approximate surface area is 197 Å². The van der Waals surface area contributed by atoms with Gasteiger partial charge < -0.3 is 13.8 Å². The minimum absolute atomic E-state index is 0.127. The summed E-state index contributed by atoms with van der Waals surface area (Å²) in [6.45, 7) is 13.5.